The highest BCUT2D eigenvalue weighted by Gasteiger charge is 2.15. The Morgan fingerprint density at radius 3 is 2.95 bits per heavy atom. The van der Waals surface area contributed by atoms with Gasteiger partial charge in [0.2, 0.25) is 0 Å². The number of halogens is 1. The molecule has 0 saturated heterocycles. The highest BCUT2D eigenvalue weighted by atomic mass is 32.1. The van der Waals surface area contributed by atoms with E-state index >= 15 is 0 Å². The fourth-order valence-corrected chi connectivity index (χ4v) is 2.88. The third kappa shape index (κ3) is 2.10. The van der Waals surface area contributed by atoms with Crippen molar-refractivity contribution in [1.82, 2.24) is 15.0 Å². The number of aryl methyl sites for hydroxylation is 1. The zero-order valence-corrected chi connectivity index (χ0v) is 11.5. The second-order valence-electron chi connectivity index (χ2n) is 4.16. The SMILES string of the molecule is CCc1cc2c(NN)nc(-c3ncccc3F)nc2s1. The van der Waals surface area contributed by atoms with Gasteiger partial charge in [-0.3, -0.25) is 0 Å². The van der Waals surface area contributed by atoms with E-state index in [9.17, 15) is 4.39 Å². The summed E-state index contributed by atoms with van der Waals surface area (Å²) in [4.78, 5) is 14.6. The Balaban J connectivity index is 2.25. The Hall–Kier alpha value is -2.12. The van der Waals surface area contributed by atoms with E-state index < -0.39 is 5.82 Å². The highest BCUT2D eigenvalue weighted by Crippen LogP contribution is 2.31. The number of hydrazine groups is 1. The maximum Gasteiger partial charge on any atom is 0.184 e. The lowest BCUT2D eigenvalue weighted by Gasteiger charge is -2.05. The van der Waals surface area contributed by atoms with Crippen molar-refractivity contribution < 1.29 is 4.39 Å². The first-order valence-electron chi connectivity index (χ1n) is 6.11. The summed E-state index contributed by atoms with van der Waals surface area (Å²) in [5.41, 5.74) is 2.66. The van der Waals surface area contributed by atoms with Crippen molar-refractivity contribution >= 4 is 27.4 Å². The number of nitrogens with one attached hydrogen (secondary N) is 1. The molecule has 3 heterocycles. The van der Waals surface area contributed by atoms with Gasteiger partial charge < -0.3 is 5.43 Å². The highest BCUT2D eigenvalue weighted by molar-refractivity contribution is 7.18. The van der Waals surface area contributed by atoms with Gasteiger partial charge in [-0.2, -0.15) is 0 Å². The molecular weight excluding hydrogens is 277 g/mol. The normalized spacial score (nSPS) is 10.9. The topological polar surface area (TPSA) is 76.7 Å². The molecule has 20 heavy (non-hydrogen) atoms. The minimum atomic E-state index is -0.456. The second-order valence-corrected chi connectivity index (χ2v) is 5.27. The molecule has 3 aromatic rings. The number of anilines is 1. The fourth-order valence-electron chi connectivity index (χ4n) is 1.91. The molecule has 102 valence electrons. The van der Waals surface area contributed by atoms with E-state index in [1.165, 1.54) is 23.2 Å². The van der Waals surface area contributed by atoms with E-state index in [0.717, 1.165) is 16.6 Å². The summed E-state index contributed by atoms with van der Waals surface area (Å²) in [5.74, 6) is 5.75. The van der Waals surface area contributed by atoms with Crippen molar-refractivity contribution in [3.05, 3.63) is 35.1 Å². The first-order valence-corrected chi connectivity index (χ1v) is 6.92. The number of pyridine rings is 1. The molecule has 0 aliphatic rings. The standard InChI is InChI=1S/C13H12FN5S/c1-2-7-6-8-11(19-15)17-12(18-13(8)20-7)10-9(14)4-3-5-16-10/h3-6H,2,15H2,1H3,(H,17,18,19). The van der Waals surface area contributed by atoms with Crippen LogP contribution in [0.25, 0.3) is 21.7 Å². The molecule has 0 fully saturated rings. The molecule has 0 amide bonds. The van der Waals surface area contributed by atoms with Crippen molar-refractivity contribution in [3.8, 4) is 11.5 Å². The molecule has 0 unspecified atom stereocenters. The lowest BCUT2D eigenvalue weighted by Crippen LogP contribution is -2.10. The lowest BCUT2D eigenvalue weighted by molar-refractivity contribution is 0.624. The molecule has 5 nitrogen and oxygen atoms in total. The minimum absolute atomic E-state index is 0.123. The summed E-state index contributed by atoms with van der Waals surface area (Å²) < 4.78 is 13.8. The molecule has 0 aliphatic heterocycles. The average Bonchev–Trinajstić information content (AvgIpc) is 2.89. The van der Waals surface area contributed by atoms with Crippen molar-refractivity contribution in [3.63, 3.8) is 0 Å². The van der Waals surface area contributed by atoms with Gasteiger partial charge in [0, 0.05) is 11.1 Å². The van der Waals surface area contributed by atoms with Crippen LogP contribution < -0.4 is 11.3 Å². The number of hydrogen-bond acceptors (Lipinski definition) is 6. The molecule has 0 saturated carbocycles. The predicted octanol–water partition coefficient (Wildman–Crippen LogP) is 2.74. The zero-order chi connectivity index (χ0) is 14.1. The van der Waals surface area contributed by atoms with Crippen molar-refractivity contribution in [1.29, 1.82) is 0 Å². The van der Waals surface area contributed by atoms with Crippen LogP contribution in [-0.2, 0) is 6.42 Å². The number of nitrogens with two attached hydrogens (primary N) is 1. The van der Waals surface area contributed by atoms with E-state index in [4.69, 9.17) is 5.84 Å². The Labute approximate surface area is 118 Å². The number of aromatic nitrogens is 3. The van der Waals surface area contributed by atoms with Gasteiger partial charge >= 0.3 is 0 Å². The first kappa shape index (κ1) is 12.9. The van der Waals surface area contributed by atoms with Gasteiger partial charge in [0.1, 0.15) is 10.5 Å². The van der Waals surface area contributed by atoms with Gasteiger partial charge in [-0.05, 0) is 24.6 Å². The van der Waals surface area contributed by atoms with Gasteiger partial charge in [-0.15, -0.1) is 11.3 Å². The Kier molecular flexibility index (Phi) is 3.29. The number of rotatable bonds is 3. The van der Waals surface area contributed by atoms with Gasteiger partial charge in [-0.25, -0.2) is 25.2 Å². The number of hydrogen-bond donors (Lipinski definition) is 2. The van der Waals surface area contributed by atoms with Crippen LogP contribution in [0.15, 0.2) is 24.4 Å². The summed E-state index contributed by atoms with van der Waals surface area (Å²) >= 11 is 1.54. The summed E-state index contributed by atoms with van der Waals surface area (Å²) in [6.45, 7) is 2.06. The molecule has 3 aromatic heterocycles. The van der Waals surface area contributed by atoms with Crippen LogP contribution in [0.3, 0.4) is 0 Å². The summed E-state index contributed by atoms with van der Waals surface area (Å²) in [6.07, 6.45) is 2.41. The molecule has 3 rings (SSSR count). The van der Waals surface area contributed by atoms with Crippen molar-refractivity contribution in [2.75, 3.05) is 5.43 Å². The molecule has 0 radical (unpaired) electrons. The number of thiophene rings is 1. The van der Waals surface area contributed by atoms with Crippen molar-refractivity contribution in [2.45, 2.75) is 13.3 Å². The van der Waals surface area contributed by atoms with Crippen LogP contribution in [0, 0.1) is 5.82 Å². The summed E-state index contributed by atoms with van der Waals surface area (Å²) in [7, 11) is 0. The number of nitrogen functional groups attached to an aromatic ring is 1. The second kappa shape index (κ2) is 5.10. The maximum atomic E-state index is 13.8. The molecule has 0 spiro atoms. The van der Waals surface area contributed by atoms with E-state index in [1.807, 2.05) is 6.07 Å². The largest absolute Gasteiger partial charge is 0.308 e. The third-order valence-corrected chi connectivity index (χ3v) is 4.07. The monoisotopic (exact) mass is 289 g/mol. The van der Waals surface area contributed by atoms with Gasteiger partial charge in [0.05, 0.1) is 5.39 Å². The van der Waals surface area contributed by atoms with Crippen LogP contribution in [0.1, 0.15) is 11.8 Å². The van der Waals surface area contributed by atoms with Gasteiger partial charge in [-0.1, -0.05) is 6.92 Å². The quantitative estimate of drug-likeness (QED) is 0.572. The van der Waals surface area contributed by atoms with Crippen molar-refractivity contribution in [2.24, 2.45) is 5.84 Å². The van der Waals surface area contributed by atoms with Gasteiger partial charge in [0.25, 0.3) is 0 Å². The summed E-state index contributed by atoms with van der Waals surface area (Å²) in [6, 6.07) is 4.85. The number of nitrogens with zero attached hydrogens (tertiary/aromatic N) is 3. The molecule has 7 heteroatoms. The zero-order valence-electron chi connectivity index (χ0n) is 10.7. The predicted molar refractivity (Wildman–Crippen MR) is 77.8 cm³/mol. The lowest BCUT2D eigenvalue weighted by atomic mass is 10.3. The third-order valence-electron chi connectivity index (χ3n) is 2.90. The van der Waals surface area contributed by atoms with E-state index in [-0.39, 0.29) is 11.5 Å². The van der Waals surface area contributed by atoms with Crippen LogP contribution in [0.2, 0.25) is 0 Å². The van der Waals surface area contributed by atoms with Crippen LogP contribution in [0.4, 0.5) is 10.2 Å². The minimum Gasteiger partial charge on any atom is -0.308 e. The molecule has 0 aromatic carbocycles. The molecular formula is C13H12FN5S. The maximum absolute atomic E-state index is 13.8. The first-order chi connectivity index (χ1) is 9.72. The smallest absolute Gasteiger partial charge is 0.184 e. The van der Waals surface area contributed by atoms with Gasteiger partial charge in [0.15, 0.2) is 17.5 Å². The number of fused-ring (bicyclic) bond motifs is 1. The Bertz CT molecular complexity index is 771. The van der Waals surface area contributed by atoms with E-state index in [0.29, 0.717) is 5.82 Å². The average molecular weight is 289 g/mol. The summed E-state index contributed by atoms with van der Waals surface area (Å²) in [5, 5.41) is 0.842. The van der Waals surface area contributed by atoms with E-state index in [2.05, 4.69) is 27.3 Å². The molecule has 3 N–H and O–H groups in total. The van der Waals surface area contributed by atoms with Crippen LogP contribution in [0.5, 0.6) is 0 Å². The molecule has 0 bridgehead atoms. The van der Waals surface area contributed by atoms with E-state index in [1.54, 1.807) is 11.3 Å². The molecule has 0 atom stereocenters. The van der Waals surface area contributed by atoms with Crippen LogP contribution in [-0.4, -0.2) is 15.0 Å². The molecule has 0 aliphatic carbocycles. The fraction of sp³-hybridized carbons (Fsp3) is 0.154. The van der Waals surface area contributed by atoms with Crippen LogP contribution >= 0.6 is 11.3 Å². The Morgan fingerprint density at radius 1 is 1.40 bits per heavy atom. The Morgan fingerprint density at radius 2 is 2.25 bits per heavy atom.